The normalized spacial score (nSPS) is 18.2. The van der Waals surface area contributed by atoms with E-state index in [2.05, 4.69) is 21.3 Å². The fourth-order valence-electron chi connectivity index (χ4n) is 2.23. The molecule has 0 aliphatic carbocycles. The average molecular weight is 235 g/mol. The molecule has 0 aromatic carbocycles. The fraction of sp³-hybridized carbons (Fsp3) is 0.615. The number of aromatic nitrogens is 1. The van der Waals surface area contributed by atoms with E-state index < -0.39 is 0 Å². The van der Waals surface area contributed by atoms with E-state index in [0.717, 1.165) is 38.3 Å². The number of hydrogen-bond donors (Lipinski definition) is 1. The molecule has 1 aliphatic heterocycles. The first kappa shape index (κ1) is 12.3. The lowest BCUT2D eigenvalue weighted by Crippen LogP contribution is -2.36. The molecule has 1 aliphatic rings. The van der Waals surface area contributed by atoms with Crippen LogP contribution < -0.4 is 5.32 Å². The lowest BCUT2D eigenvalue weighted by atomic mass is 10.1. The third-order valence-corrected chi connectivity index (χ3v) is 3.35. The van der Waals surface area contributed by atoms with Crippen LogP contribution >= 0.6 is 0 Å². The number of methoxy groups -OCH3 is 1. The number of pyridine rings is 1. The first-order chi connectivity index (χ1) is 8.31. The molecule has 0 saturated carbocycles. The van der Waals surface area contributed by atoms with Crippen LogP contribution in [-0.4, -0.2) is 43.2 Å². The third kappa shape index (κ3) is 3.41. The molecule has 0 unspecified atom stereocenters. The highest BCUT2D eigenvalue weighted by molar-refractivity contribution is 5.34. The van der Waals surface area contributed by atoms with Gasteiger partial charge in [-0.25, -0.2) is 4.98 Å². The minimum Gasteiger partial charge on any atom is -0.381 e. The standard InChI is InChI=1S/C13H21N3O/c1-14-13-4-3-11(9-15-13)10-16-7-5-12(17-2)6-8-16/h3-4,9,12H,5-8,10H2,1-2H3,(H,14,15). The maximum atomic E-state index is 5.37. The summed E-state index contributed by atoms with van der Waals surface area (Å²) in [7, 11) is 3.69. The van der Waals surface area contributed by atoms with Crippen LogP contribution in [0.1, 0.15) is 18.4 Å². The number of ether oxygens (including phenoxy) is 1. The second kappa shape index (κ2) is 5.98. The molecule has 94 valence electrons. The Morgan fingerprint density at radius 1 is 1.41 bits per heavy atom. The number of rotatable bonds is 4. The monoisotopic (exact) mass is 235 g/mol. The second-order valence-electron chi connectivity index (χ2n) is 4.51. The predicted octanol–water partition coefficient (Wildman–Crippen LogP) is 1.73. The molecule has 4 nitrogen and oxygen atoms in total. The highest BCUT2D eigenvalue weighted by atomic mass is 16.5. The highest BCUT2D eigenvalue weighted by Crippen LogP contribution is 2.15. The van der Waals surface area contributed by atoms with Crippen molar-refractivity contribution >= 4 is 5.82 Å². The number of piperidine rings is 1. The van der Waals surface area contributed by atoms with Crippen molar-refractivity contribution in [3.63, 3.8) is 0 Å². The quantitative estimate of drug-likeness (QED) is 0.862. The van der Waals surface area contributed by atoms with Gasteiger partial charge >= 0.3 is 0 Å². The average Bonchev–Trinajstić information content (AvgIpc) is 2.40. The molecule has 0 radical (unpaired) electrons. The molecule has 1 aromatic rings. The minimum absolute atomic E-state index is 0.455. The van der Waals surface area contributed by atoms with Gasteiger partial charge in [0.25, 0.3) is 0 Å². The summed E-state index contributed by atoms with van der Waals surface area (Å²) in [6.45, 7) is 3.23. The molecule has 0 bridgehead atoms. The van der Waals surface area contributed by atoms with Gasteiger partial charge in [-0.3, -0.25) is 4.90 Å². The van der Waals surface area contributed by atoms with E-state index in [9.17, 15) is 0 Å². The SMILES string of the molecule is CNc1ccc(CN2CCC(OC)CC2)cn1. The molecule has 2 rings (SSSR count). The van der Waals surface area contributed by atoms with Gasteiger partial charge in [0.15, 0.2) is 0 Å². The largest absolute Gasteiger partial charge is 0.381 e. The Labute approximate surface area is 103 Å². The number of anilines is 1. The zero-order valence-corrected chi connectivity index (χ0v) is 10.6. The van der Waals surface area contributed by atoms with E-state index in [4.69, 9.17) is 4.74 Å². The van der Waals surface area contributed by atoms with Gasteiger partial charge in [-0.2, -0.15) is 0 Å². The molecule has 0 amide bonds. The lowest BCUT2D eigenvalue weighted by Gasteiger charge is -2.31. The highest BCUT2D eigenvalue weighted by Gasteiger charge is 2.18. The Morgan fingerprint density at radius 3 is 2.71 bits per heavy atom. The molecule has 2 heterocycles. The Bertz CT molecular complexity index is 331. The van der Waals surface area contributed by atoms with Crippen molar-refractivity contribution in [2.45, 2.75) is 25.5 Å². The van der Waals surface area contributed by atoms with Crippen LogP contribution in [-0.2, 0) is 11.3 Å². The van der Waals surface area contributed by atoms with Gasteiger partial charge in [0.2, 0.25) is 0 Å². The van der Waals surface area contributed by atoms with E-state index in [1.165, 1.54) is 5.56 Å². The molecule has 1 fully saturated rings. The van der Waals surface area contributed by atoms with Crippen LogP contribution in [0, 0.1) is 0 Å². The summed E-state index contributed by atoms with van der Waals surface area (Å²) in [5, 5.41) is 3.03. The molecule has 0 spiro atoms. The van der Waals surface area contributed by atoms with E-state index >= 15 is 0 Å². The van der Waals surface area contributed by atoms with Crippen molar-refractivity contribution in [1.82, 2.24) is 9.88 Å². The molecule has 1 saturated heterocycles. The van der Waals surface area contributed by atoms with Gasteiger partial charge in [-0.05, 0) is 24.5 Å². The third-order valence-electron chi connectivity index (χ3n) is 3.35. The first-order valence-electron chi connectivity index (χ1n) is 6.19. The lowest BCUT2D eigenvalue weighted by molar-refractivity contribution is 0.0388. The summed E-state index contributed by atoms with van der Waals surface area (Å²) in [5.41, 5.74) is 1.28. The van der Waals surface area contributed by atoms with Crippen molar-refractivity contribution in [2.24, 2.45) is 0 Å². The first-order valence-corrected chi connectivity index (χ1v) is 6.19. The van der Waals surface area contributed by atoms with Gasteiger partial charge in [0.1, 0.15) is 5.82 Å². The zero-order valence-electron chi connectivity index (χ0n) is 10.6. The fourth-order valence-corrected chi connectivity index (χ4v) is 2.23. The minimum atomic E-state index is 0.455. The van der Waals surface area contributed by atoms with E-state index in [-0.39, 0.29) is 0 Å². The Balaban J connectivity index is 1.84. The van der Waals surface area contributed by atoms with E-state index in [0.29, 0.717) is 6.10 Å². The van der Waals surface area contributed by atoms with Crippen LogP contribution in [0.3, 0.4) is 0 Å². The molecule has 4 heteroatoms. The molecular weight excluding hydrogens is 214 g/mol. The van der Waals surface area contributed by atoms with Crippen molar-refractivity contribution in [2.75, 3.05) is 32.6 Å². The van der Waals surface area contributed by atoms with Crippen LogP contribution in [0.2, 0.25) is 0 Å². The number of nitrogens with zero attached hydrogens (tertiary/aromatic N) is 2. The topological polar surface area (TPSA) is 37.4 Å². The van der Waals surface area contributed by atoms with E-state index in [1.54, 1.807) is 7.11 Å². The van der Waals surface area contributed by atoms with Crippen molar-refractivity contribution in [1.29, 1.82) is 0 Å². The van der Waals surface area contributed by atoms with Crippen molar-refractivity contribution in [3.05, 3.63) is 23.9 Å². The number of hydrogen-bond acceptors (Lipinski definition) is 4. The summed E-state index contributed by atoms with van der Waals surface area (Å²) < 4.78 is 5.37. The molecule has 0 atom stereocenters. The summed E-state index contributed by atoms with van der Waals surface area (Å²) >= 11 is 0. The molecule has 17 heavy (non-hydrogen) atoms. The summed E-state index contributed by atoms with van der Waals surface area (Å²) in [4.78, 5) is 6.80. The van der Waals surface area contributed by atoms with Crippen LogP contribution in [0.4, 0.5) is 5.82 Å². The van der Waals surface area contributed by atoms with Gasteiger partial charge < -0.3 is 10.1 Å². The van der Waals surface area contributed by atoms with Crippen molar-refractivity contribution < 1.29 is 4.74 Å². The van der Waals surface area contributed by atoms with E-state index in [1.807, 2.05) is 19.3 Å². The predicted molar refractivity (Wildman–Crippen MR) is 69.1 cm³/mol. The van der Waals surface area contributed by atoms with Crippen LogP contribution in [0.25, 0.3) is 0 Å². The molecular formula is C13H21N3O. The van der Waals surface area contributed by atoms with Crippen LogP contribution in [0.15, 0.2) is 18.3 Å². The summed E-state index contributed by atoms with van der Waals surface area (Å²) in [6, 6.07) is 4.17. The second-order valence-corrected chi connectivity index (χ2v) is 4.51. The maximum absolute atomic E-state index is 5.37. The molecule has 1 aromatic heterocycles. The van der Waals surface area contributed by atoms with Gasteiger partial charge in [0.05, 0.1) is 6.10 Å². The number of likely N-dealkylation sites (tertiary alicyclic amines) is 1. The molecule has 1 N–H and O–H groups in total. The van der Waals surface area contributed by atoms with Gasteiger partial charge in [-0.15, -0.1) is 0 Å². The zero-order chi connectivity index (χ0) is 12.1. The van der Waals surface area contributed by atoms with Gasteiger partial charge in [0, 0.05) is 40.0 Å². The summed E-state index contributed by atoms with van der Waals surface area (Å²) in [6.07, 6.45) is 4.68. The Hall–Kier alpha value is -1.13. The summed E-state index contributed by atoms with van der Waals surface area (Å²) in [5.74, 6) is 0.923. The van der Waals surface area contributed by atoms with Crippen molar-refractivity contribution in [3.8, 4) is 0 Å². The maximum Gasteiger partial charge on any atom is 0.125 e. The van der Waals surface area contributed by atoms with Crippen LogP contribution in [0.5, 0.6) is 0 Å². The number of nitrogens with one attached hydrogen (secondary N) is 1. The van der Waals surface area contributed by atoms with Gasteiger partial charge in [-0.1, -0.05) is 6.07 Å². The smallest absolute Gasteiger partial charge is 0.125 e. The Kier molecular flexibility index (Phi) is 4.34. The Morgan fingerprint density at radius 2 is 2.18 bits per heavy atom.